The van der Waals surface area contributed by atoms with Crippen LogP contribution in [0.1, 0.15) is 5.56 Å². The van der Waals surface area contributed by atoms with Gasteiger partial charge in [-0.1, -0.05) is 0 Å². The first-order valence-corrected chi connectivity index (χ1v) is 5.75. The molecule has 0 aliphatic heterocycles. The minimum atomic E-state index is -2.89. The molecule has 0 unspecified atom stereocenters. The van der Waals surface area contributed by atoms with E-state index in [0.717, 1.165) is 0 Å². The molecule has 0 aromatic heterocycles. The summed E-state index contributed by atoms with van der Waals surface area (Å²) in [6.07, 6.45) is 0. The highest BCUT2D eigenvalue weighted by Gasteiger charge is 2.13. The second-order valence-corrected chi connectivity index (χ2v) is 4.05. The van der Waals surface area contributed by atoms with Crippen LogP contribution >= 0.6 is 15.9 Å². The normalized spacial score (nSPS) is 10.8. The predicted octanol–water partition coefficient (Wildman–Crippen LogP) is 3.18. The molecule has 0 saturated heterocycles. The van der Waals surface area contributed by atoms with Crippen molar-refractivity contribution in [3.8, 4) is 11.5 Å². The van der Waals surface area contributed by atoms with Crippen LogP contribution in [0.5, 0.6) is 11.5 Å². The summed E-state index contributed by atoms with van der Waals surface area (Å²) in [5.74, 6) is 0.355. The Kier molecular flexibility index (Phi) is 6.31. The lowest BCUT2D eigenvalue weighted by atomic mass is 10.2. The quantitative estimate of drug-likeness (QED) is 0.721. The third-order valence-electron chi connectivity index (χ3n) is 1.95. The fourth-order valence-corrected chi connectivity index (χ4v) is 1.74. The molecule has 18 heavy (non-hydrogen) atoms. The molecular weight excluding hydrogens is 314 g/mol. The molecule has 1 aromatic carbocycles. The van der Waals surface area contributed by atoms with Gasteiger partial charge in [-0.05, 0) is 27.6 Å². The summed E-state index contributed by atoms with van der Waals surface area (Å²) in [7, 11) is 2.96. The minimum Gasteiger partial charge on any atom is -0.466 e. The Bertz CT molecular complexity index is 388. The molecule has 1 rings (SSSR count). The van der Waals surface area contributed by atoms with E-state index in [9.17, 15) is 8.78 Å². The van der Waals surface area contributed by atoms with Crippen LogP contribution in [0.15, 0.2) is 16.6 Å². The molecule has 0 bridgehead atoms. The second kappa shape index (κ2) is 7.50. The molecule has 102 valence electrons. The van der Waals surface area contributed by atoms with Crippen molar-refractivity contribution < 1.29 is 27.7 Å². The number of benzene rings is 1. The molecule has 0 N–H and O–H groups in total. The van der Waals surface area contributed by atoms with E-state index in [0.29, 0.717) is 15.8 Å². The first-order chi connectivity index (χ1) is 8.58. The third-order valence-corrected chi connectivity index (χ3v) is 2.85. The molecular formula is C11H13BrF2O4. The number of hydrogen-bond acceptors (Lipinski definition) is 4. The van der Waals surface area contributed by atoms with E-state index >= 15 is 0 Å². The van der Waals surface area contributed by atoms with Crippen molar-refractivity contribution >= 4 is 15.9 Å². The fourth-order valence-electron chi connectivity index (χ4n) is 1.29. The molecule has 7 heteroatoms. The van der Waals surface area contributed by atoms with Crippen LogP contribution < -0.4 is 9.47 Å². The molecule has 0 atom stereocenters. The van der Waals surface area contributed by atoms with E-state index in [1.165, 1.54) is 26.4 Å². The van der Waals surface area contributed by atoms with Crippen LogP contribution in [-0.2, 0) is 16.1 Å². The molecule has 0 spiro atoms. The van der Waals surface area contributed by atoms with E-state index in [2.05, 4.69) is 20.7 Å². The maximum absolute atomic E-state index is 12.2. The van der Waals surface area contributed by atoms with Gasteiger partial charge >= 0.3 is 6.61 Å². The van der Waals surface area contributed by atoms with Gasteiger partial charge in [0.1, 0.15) is 11.5 Å². The Hall–Kier alpha value is -0.920. The van der Waals surface area contributed by atoms with Crippen LogP contribution in [0.3, 0.4) is 0 Å². The van der Waals surface area contributed by atoms with Crippen LogP contribution in [0.25, 0.3) is 0 Å². The van der Waals surface area contributed by atoms with Crippen molar-refractivity contribution in [2.75, 3.05) is 21.0 Å². The fraction of sp³-hybridized carbons (Fsp3) is 0.455. The van der Waals surface area contributed by atoms with Gasteiger partial charge in [0, 0.05) is 20.3 Å². The van der Waals surface area contributed by atoms with E-state index in [-0.39, 0.29) is 19.1 Å². The standard InChI is InChI=1S/C11H13BrF2O4/c1-15-5-7-3-8(18-11(13)14)4-9(10(7)12)17-6-16-2/h3-4,11H,5-6H2,1-2H3. The summed E-state index contributed by atoms with van der Waals surface area (Å²) in [4.78, 5) is 0. The van der Waals surface area contributed by atoms with Gasteiger partial charge in [-0.3, -0.25) is 0 Å². The summed E-state index contributed by atoms with van der Waals surface area (Å²) in [5, 5.41) is 0. The average molecular weight is 327 g/mol. The molecule has 0 saturated carbocycles. The van der Waals surface area contributed by atoms with Gasteiger partial charge in [-0.2, -0.15) is 8.78 Å². The number of alkyl halides is 2. The maximum Gasteiger partial charge on any atom is 0.387 e. The van der Waals surface area contributed by atoms with Crippen molar-refractivity contribution in [3.63, 3.8) is 0 Å². The van der Waals surface area contributed by atoms with Gasteiger partial charge in [0.05, 0.1) is 11.1 Å². The monoisotopic (exact) mass is 326 g/mol. The summed E-state index contributed by atoms with van der Waals surface area (Å²) in [6.45, 7) is -2.65. The van der Waals surface area contributed by atoms with Gasteiger partial charge in [-0.25, -0.2) is 0 Å². The highest BCUT2D eigenvalue weighted by molar-refractivity contribution is 9.10. The molecule has 0 amide bonds. The van der Waals surface area contributed by atoms with E-state index < -0.39 is 6.61 Å². The SMILES string of the molecule is COCOc1cc(OC(F)F)cc(COC)c1Br. The van der Waals surface area contributed by atoms with E-state index in [1.807, 2.05) is 0 Å². The molecule has 0 fully saturated rings. The summed E-state index contributed by atoms with van der Waals surface area (Å²) >= 11 is 3.31. The van der Waals surface area contributed by atoms with Crippen LogP contribution in [-0.4, -0.2) is 27.6 Å². The topological polar surface area (TPSA) is 36.9 Å². The zero-order chi connectivity index (χ0) is 13.5. The van der Waals surface area contributed by atoms with Crippen molar-refractivity contribution in [1.82, 2.24) is 0 Å². The number of hydrogen-bond donors (Lipinski definition) is 0. The largest absolute Gasteiger partial charge is 0.466 e. The summed E-state index contributed by atoms with van der Waals surface area (Å²) < 4.78 is 44.3. The van der Waals surface area contributed by atoms with Gasteiger partial charge in [0.15, 0.2) is 6.79 Å². The lowest BCUT2D eigenvalue weighted by Gasteiger charge is -2.13. The Morgan fingerprint density at radius 3 is 2.50 bits per heavy atom. The summed E-state index contributed by atoms with van der Waals surface area (Å²) in [5.41, 5.74) is 0.641. The molecule has 1 aromatic rings. The molecule has 0 aliphatic carbocycles. The van der Waals surface area contributed by atoms with Gasteiger partial charge in [-0.15, -0.1) is 0 Å². The molecule has 4 nitrogen and oxygen atoms in total. The second-order valence-electron chi connectivity index (χ2n) is 3.26. The number of halogens is 3. The Balaban J connectivity index is 3.01. The van der Waals surface area contributed by atoms with E-state index in [4.69, 9.17) is 14.2 Å². The first-order valence-electron chi connectivity index (χ1n) is 4.96. The smallest absolute Gasteiger partial charge is 0.387 e. The minimum absolute atomic E-state index is 0.00313. The van der Waals surface area contributed by atoms with Crippen LogP contribution in [0.4, 0.5) is 8.78 Å². The number of rotatable bonds is 7. The lowest BCUT2D eigenvalue weighted by Crippen LogP contribution is -2.05. The van der Waals surface area contributed by atoms with Crippen LogP contribution in [0, 0.1) is 0 Å². The van der Waals surface area contributed by atoms with Crippen molar-refractivity contribution in [2.45, 2.75) is 13.2 Å². The first kappa shape index (κ1) is 15.1. The predicted molar refractivity (Wildman–Crippen MR) is 64.0 cm³/mol. The van der Waals surface area contributed by atoms with Crippen molar-refractivity contribution in [3.05, 3.63) is 22.2 Å². The molecule has 0 radical (unpaired) electrons. The Morgan fingerprint density at radius 2 is 1.94 bits per heavy atom. The highest BCUT2D eigenvalue weighted by Crippen LogP contribution is 2.34. The molecule has 0 aliphatic rings. The molecule has 0 heterocycles. The van der Waals surface area contributed by atoms with Crippen molar-refractivity contribution in [1.29, 1.82) is 0 Å². The Labute approximate surface area is 112 Å². The van der Waals surface area contributed by atoms with Gasteiger partial charge < -0.3 is 18.9 Å². The van der Waals surface area contributed by atoms with E-state index in [1.54, 1.807) is 0 Å². The Morgan fingerprint density at radius 1 is 1.22 bits per heavy atom. The number of methoxy groups -OCH3 is 2. The van der Waals surface area contributed by atoms with Gasteiger partial charge in [0.25, 0.3) is 0 Å². The lowest BCUT2D eigenvalue weighted by molar-refractivity contribution is -0.0501. The zero-order valence-electron chi connectivity index (χ0n) is 9.91. The summed E-state index contributed by atoms with van der Waals surface area (Å²) in [6, 6.07) is 2.81. The maximum atomic E-state index is 12.2. The zero-order valence-corrected chi connectivity index (χ0v) is 11.5. The van der Waals surface area contributed by atoms with Crippen molar-refractivity contribution in [2.24, 2.45) is 0 Å². The van der Waals surface area contributed by atoms with Crippen LogP contribution in [0.2, 0.25) is 0 Å². The highest BCUT2D eigenvalue weighted by atomic mass is 79.9. The number of ether oxygens (including phenoxy) is 4. The third kappa shape index (κ3) is 4.40. The average Bonchev–Trinajstić information content (AvgIpc) is 2.31. The van der Waals surface area contributed by atoms with Gasteiger partial charge in [0.2, 0.25) is 0 Å².